The molecule has 6 heteroatoms. The van der Waals surface area contributed by atoms with Gasteiger partial charge in [-0.2, -0.15) is 0 Å². The van der Waals surface area contributed by atoms with Crippen molar-refractivity contribution in [2.24, 2.45) is 0 Å². The Morgan fingerprint density at radius 2 is 0.676 bits per heavy atom. The van der Waals surface area contributed by atoms with Gasteiger partial charge in [-0.25, -0.2) is 0 Å². The molecule has 0 aromatic heterocycles. The SMILES string of the molecule is CCCCCCCCCCCCCCCCCCCC/C=C/C(O)C(CO)NC(=O)CCCCCCCCCCCCCCCCOC(=O)CCCCCCCCCCCCCCCCCCC. The molecule has 0 aliphatic carbocycles. The fourth-order valence-electron chi connectivity index (χ4n) is 9.81. The number of aliphatic hydroxyl groups excluding tert-OH is 2. The fourth-order valence-corrected chi connectivity index (χ4v) is 9.81. The van der Waals surface area contributed by atoms with Crippen LogP contribution in [0.2, 0.25) is 0 Å². The van der Waals surface area contributed by atoms with E-state index in [2.05, 4.69) is 19.2 Å². The molecule has 68 heavy (non-hydrogen) atoms. The van der Waals surface area contributed by atoms with Gasteiger partial charge in [-0.3, -0.25) is 9.59 Å². The van der Waals surface area contributed by atoms with Crippen molar-refractivity contribution in [1.82, 2.24) is 5.32 Å². The highest BCUT2D eigenvalue weighted by molar-refractivity contribution is 5.76. The Morgan fingerprint density at radius 1 is 0.397 bits per heavy atom. The Bertz CT molecular complexity index is 1020. The van der Waals surface area contributed by atoms with E-state index < -0.39 is 12.1 Å². The molecule has 0 heterocycles. The standard InChI is InChI=1S/C62H121NO5/c1-3-5-7-9-11-13-15-17-19-21-22-23-25-26-30-34-38-42-46-50-54-60(65)59(58-64)63-61(66)55-51-47-43-39-35-31-28-29-33-37-41-45-49-53-57-68-62(67)56-52-48-44-40-36-32-27-24-20-18-16-14-12-10-8-6-4-2/h50,54,59-60,64-65H,3-49,51-53,55-58H2,1-2H3,(H,63,66)/b54-50+. The van der Waals surface area contributed by atoms with E-state index in [9.17, 15) is 19.8 Å². The molecule has 0 spiro atoms. The fraction of sp³-hybridized carbons (Fsp3) is 0.935. The van der Waals surface area contributed by atoms with Gasteiger partial charge in [-0.05, 0) is 32.1 Å². The third-order valence-electron chi connectivity index (χ3n) is 14.6. The number of esters is 1. The number of unbranched alkanes of at least 4 members (excludes halogenated alkanes) is 47. The molecule has 0 bridgehead atoms. The number of ether oxygens (including phenoxy) is 1. The van der Waals surface area contributed by atoms with Crippen LogP contribution in [-0.4, -0.2) is 47.4 Å². The van der Waals surface area contributed by atoms with Crippen LogP contribution in [0.3, 0.4) is 0 Å². The van der Waals surface area contributed by atoms with Crippen LogP contribution >= 0.6 is 0 Å². The minimum atomic E-state index is -0.851. The third-order valence-corrected chi connectivity index (χ3v) is 14.6. The summed E-state index contributed by atoms with van der Waals surface area (Å²) < 4.78 is 5.49. The number of nitrogens with one attached hydrogen (secondary N) is 1. The second kappa shape index (κ2) is 58.2. The zero-order chi connectivity index (χ0) is 49.3. The Hall–Kier alpha value is -1.40. The lowest BCUT2D eigenvalue weighted by molar-refractivity contribution is -0.143. The summed E-state index contributed by atoms with van der Waals surface area (Å²) in [6.07, 6.45) is 69.5. The van der Waals surface area contributed by atoms with E-state index >= 15 is 0 Å². The second-order valence-corrected chi connectivity index (χ2v) is 21.4. The number of allylic oxidation sites excluding steroid dienone is 1. The molecule has 1 amide bonds. The predicted octanol–water partition coefficient (Wildman–Crippen LogP) is 19.2. The molecule has 0 saturated carbocycles. The molecule has 0 saturated heterocycles. The Labute approximate surface area is 425 Å². The van der Waals surface area contributed by atoms with Crippen LogP contribution in [0.5, 0.6) is 0 Å². The first-order valence-electron chi connectivity index (χ1n) is 31.0. The summed E-state index contributed by atoms with van der Waals surface area (Å²) in [5.41, 5.74) is 0. The Morgan fingerprint density at radius 3 is 1.00 bits per heavy atom. The lowest BCUT2D eigenvalue weighted by atomic mass is 10.0. The average Bonchev–Trinajstić information content (AvgIpc) is 3.34. The van der Waals surface area contributed by atoms with Crippen molar-refractivity contribution in [1.29, 1.82) is 0 Å². The van der Waals surface area contributed by atoms with E-state index in [4.69, 9.17) is 4.74 Å². The molecule has 2 unspecified atom stereocenters. The molecule has 6 nitrogen and oxygen atoms in total. The predicted molar refractivity (Wildman–Crippen MR) is 297 cm³/mol. The maximum absolute atomic E-state index is 12.5. The molecule has 0 rings (SSSR count). The number of rotatable bonds is 58. The van der Waals surface area contributed by atoms with Crippen LogP contribution in [0.15, 0.2) is 12.2 Å². The normalized spacial score (nSPS) is 12.6. The van der Waals surface area contributed by atoms with Gasteiger partial charge in [0.2, 0.25) is 5.91 Å². The number of carbonyl (C=O) groups is 2. The third kappa shape index (κ3) is 53.9. The summed E-state index contributed by atoms with van der Waals surface area (Å²) in [5, 5.41) is 23.2. The summed E-state index contributed by atoms with van der Waals surface area (Å²) in [6.45, 7) is 4.92. The van der Waals surface area contributed by atoms with Crippen molar-refractivity contribution >= 4 is 11.9 Å². The summed E-state index contributed by atoms with van der Waals surface area (Å²) in [6, 6.07) is -0.636. The minimum absolute atomic E-state index is 0.00150. The van der Waals surface area contributed by atoms with E-state index in [-0.39, 0.29) is 18.5 Å². The van der Waals surface area contributed by atoms with Gasteiger partial charge >= 0.3 is 5.97 Å². The van der Waals surface area contributed by atoms with Crippen LogP contribution < -0.4 is 5.32 Å². The van der Waals surface area contributed by atoms with Crippen LogP contribution in [0.1, 0.15) is 348 Å². The van der Waals surface area contributed by atoms with Crippen molar-refractivity contribution < 1.29 is 24.5 Å². The molecular formula is C62H121NO5. The zero-order valence-corrected chi connectivity index (χ0v) is 46.1. The highest BCUT2D eigenvalue weighted by atomic mass is 16.5. The first kappa shape index (κ1) is 66.6. The van der Waals surface area contributed by atoms with Crippen LogP contribution in [-0.2, 0) is 14.3 Å². The smallest absolute Gasteiger partial charge is 0.305 e. The monoisotopic (exact) mass is 960 g/mol. The summed E-state index contributed by atoms with van der Waals surface area (Å²) in [5.74, 6) is -0.0731. The van der Waals surface area contributed by atoms with E-state index in [0.29, 0.717) is 19.4 Å². The van der Waals surface area contributed by atoms with E-state index in [1.807, 2.05) is 6.08 Å². The van der Waals surface area contributed by atoms with Gasteiger partial charge in [0.1, 0.15) is 0 Å². The van der Waals surface area contributed by atoms with Gasteiger partial charge in [0, 0.05) is 12.8 Å². The lowest BCUT2D eigenvalue weighted by Gasteiger charge is -2.20. The molecule has 404 valence electrons. The molecule has 0 aromatic carbocycles. The number of carbonyl (C=O) groups excluding carboxylic acids is 2. The van der Waals surface area contributed by atoms with Gasteiger partial charge < -0.3 is 20.3 Å². The molecule has 0 radical (unpaired) electrons. The van der Waals surface area contributed by atoms with Gasteiger partial charge in [0.05, 0.1) is 25.4 Å². The number of hydrogen-bond acceptors (Lipinski definition) is 5. The topological polar surface area (TPSA) is 95.9 Å². The largest absolute Gasteiger partial charge is 0.466 e. The van der Waals surface area contributed by atoms with Crippen molar-refractivity contribution in [3.05, 3.63) is 12.2 Å². The van der Waals surface area contributed by atoms with E-state index in [1.165, 1.54) is 263 Å². The second-order valence-electron chi connectivity index (χ2n) is 21.4. The number of hydrogen-bond donors (Lipinski definition) is 3. The van der Waals surface area contributed by atoms with Crippen molar-refractivity contribution in [2.75, 3.05) is 13.2 Å². The molecule has 2 atom stereocenters. The highest BCUT2D eigenvalue weighted by Crippen LogP contribution is 2.18. The van der Waals surface area contributed by atoms with Crippen molar-refractivity contribution in [3.8, 4) is 0 Å². The van der Waals surface area contributed by atoms with Gasteiger partial charge in [0.15, 0.2) is 0 Å². The Balaban J connectivity index is 3.44. The van der Waals surface area contributed by atoms with E-state index in [1.54, 1.807) is 6.08 Å². The summed E-state index contributed by atoms with van der Waals surface area (Å²) >= 11 is 0. The van der Waals surface area contributed by atoms with Crippen molar-refractivity contribution in [2.45, 2.75) is 360 Å². The molecule has 3 N–H and O–H groups in total. The van der Waals surface area contributed by atoms with Crippen LogP contribution in [0, 0.1) is 0 Å². The van der Waals surface area contributed by atoms with Gasteiger partial charge in [0.25, 0.3) is 0 Å². The first-order valence-corrected chi connectivity index (χ1v) is 31.0. The molecule has 0 aromatic rings. The maximum Gasteiger partial charge on any atom is 0.305 e. The molecular weight excluding hydrogens is 839 g/mol. The van der Waals surface area contributed by atoms with Crippen LogP contribution in [0.25, 0.3) is 0 Å². The van der Waals surface area contributed by atoms with Gasteiger partial charge in [-0.15, -0.1) is 0 Å². The molecule has 0 fully saturated rings. The average molecular weight is 961 g/mol. The molecule has 0 aliphatic heterocycles. The van der Waals surface area contributed by atoms with E-state index in [0.717, 1.165) is 57.8 Å². The number of aliphatic hydroxyl groups is 2. The summed E-state index contributed by atoms with van der Waals surface area (Å²) in [4.78, 5) is 24.6. The lowest BCUT2D eigenvalue weighted by Crippen LogP contribution is -2.45. The van der Waals surface area contributed by atoms with Crippen molar-refractivity contribution in [3.63, 3.8) is 0 Å². The highest BCUT2D eigenvalue weighted by Gasteiger charge is 2.18. The minimum Gasteiger partial charge on any atom is -0.466 e. The Kier molecular flexibility index (Phi) is 57.0. The first-order chi connectivity index (χ1) is 33.5. The molecule has 0 aliphatic rings. The quantitative estimate of drug-likeness (QED) is 0.0321. The van der Waals surface area contributed by atoms with Gasteiger partial charge in [-0.1, -0.05) is 315 Å². The van der Waals surface area contributed by atoms with Crippen LogP contribution in [0.4, 0.5) is 0 Å². The summed E-state index contributed by atoms with van der Waals surface area (Å²) in [7, 11) is 0. The zero-order valence-electron chi connectivity index (χ0n) is 46.1. The number of amides is 1. The maximum atomic E-state index is 12.5.